The molecule has 0 heterocycles. The van der Waals surface area contributed by atoms with Gasteiger partial charge < -0.3 is 0 Å². The van der Waals surface area contributed by atoms with Gasteiger partial charge in [-0.3, -0.25) is 0 Å². The van der Waals surface area contributed by atoms with Crippen molar-refractivity contribution in [2.45, 2.75) is 12.8 Å². The van der Waals surface area contributed by atoms with E-state index in [-0.39, 0.29) is 11.5 Å². The summed E-state index contributed by atoms with van der Waals surface area (Å²) >= 11 is 7.89. The van der Waals surface area contributed by atoms with Crippen LogP contribution in [0.25, 0.3) is 0 Å². The molecule has 0 aromatic heterocycles. The highest BCUT2D eigenvalue weighted by Crippen LogP contribution is 1.98. The number of hydrogen-bond donors (Lipinski definition) is 2. The number of thiol groups is 2. The van der Waals surface area contributed by atoms with E-state index in [1.54, 1.807) is 0 Å². The van der Waals surface area contributed by atoms with Crippen LogP contribution in [0.3, 0.4) is 0 Å². The smallest absolute Gasteiger partial charge is 0.150 e. The van der Waals surface area contributed by atoms with Crippen molar-refractivity contribution in [3.05, 3.63) is 0 Å². The molecular formula is C6H14O2S3. The molecule has 0 aliphatic carbocycles. The van der Waals surface area contributed by atoms with Gasteiger partial charge >= 0.3 is 0 Å². The van der Waals surface area contributed by atoms with Gasteiger partial charge in [0, 0.05) is 0 Å². The molecular weight excluding hydrogens is 200 g/mol. The highest BCUT2D eigenvalue weighted by Gasteiger charge is 2.07. The largest absolute Gasteiger partial charge is 0.229 e. The lowest BCUT2D eigenvalue weighted by Crippen LogP contribution is -2.11. The fourth-order valence-electron chi connectivity index (χ4n) is 0.671. The summed E-state index contributed by atoms with van der Waals surface area (Å²) in [6, 6.07) is 0. The molecule has 0 saturated carbocycles. The second kappa shape index (κ2) is 6.20. The fraction of sp³-hybridized carbons (Fsp3) is 1.00. The zero-order valence-electron chi connectivity index (χ0n) is 6.36. The Hall–Kier alpha value is 0.650. The molecule has 0 amide bonds. The van der Waals surface area contributed by atoms with Gasteiger partial charge in [0.25, 0.3) is 0 Å². The molecule has 68 valence electrons. The second-order valence-corrected chi connectivity index (χ2v) is 5.50. The number of hydrogen-bond acceptors (Lipinski definition) is 4. The van der Waals surface area contributed by atoms with Crippen molar-refractivity contribution >= 4 is 35.1 Å². The van der Waals surface area contributed by atoms with E-state index in [1.165, 1.54) is 0 Å². The minimum atomic E-state index is -2.80. The molecule has 11 heavy (non-hydrogen) atoms. The zero-order valence-corrected chi connectivity index (χ0v) is 8.97. The van der Waals surface area contributed by atoms with Crippen molar-refractivity contribution < 1.29 is 8.42 Å². The topological polar surface area (TPSA) is 34.1 Å². The summed E-state index contributed by atoms with van der Waals surface area (Å²) in [4.78, 5) is 0. The Balaban J connectivity index is 3.63. The third-order valence-electron chi connectivity index (χ3n) is 1.23. The average molecular weight is 214 g/mol. The van der Waals surface area contributed by atoms with E-state index in [0.29, 0.717) is 24.3 Å². The monoisotopic (exact) mass is 214 g/mol. The molecule has 0 aliphatic rings. The third kappa shape index (κ3) is 7.03. The van der Waals surface area contributed by atoms with E-state index in [1.807, 2.05) is 0 Å². The predicted molar refractivity (Wildman–Crippen MR) is 55.6 cm³/mol. The van der Waals surface area contributed by atoms with Crippen LogP contribution in [0.5, 0.6) is 0 Å². The second-order valence-electron chi connectivity index (χ2n) is 2.31. The minimum absolute atomic E-state index is 0.268. The Morgan fingerprint density at radius 3 is 1.55 bits per heavy atom. The fourth-order valence-corrected chi connectivity index (χ4v) is 2.79. The summed E-state index contributed by atoms with van der Waals surface area (Å²) in [7, 11) is -2.80. The van der Waals surface area contributed by atoms with Gasteiger partial charge in [0.15, 0.2) is 0 Å². The minimum Gasteiger partial charge on any atom is -0.229 e. The van der Waals surface area contributed by atoms with E-state index in [9.17, 15) is 8.42 Å². The number of rotatable bonds is 6. The lowest BCUT2D eigenvalue weighted by molar-refractivity contribution is 0.594. The summed E-state index contributed by atoms with van der Waals surface area (Å²) in [5.74, 6) is 1.81. The maximum Gasteiger partial charge on any atom is 0.150 e. The molecule has 5 heteroatoms. The highest BCUT2D eigenvalue weighted by molar-refractivity contribution is 7.91. The van der Waals surface area contributed by atoms with Crippen LogP contribution in [0, 0.1) is 0 Å². The van der Waals surface area contributed by atoms with E-state index in [0.717, 1.165) is 0 Å². The van der Waals surface area contributed by atoms with E-state index in [2.05, 4.69) is 25.3 Å². The molecule has 0 atom stereocenters. The van der Waals surface area contributed by atoms with Crippen LogP contribution >= 0.6 is 25.3 Å². The van der Waals surface area contributed by atoms with Crippen LogP contribution in [-0.2, 0) is 9.84 Å². The van der Waals surface area contributed by atoms with Gasteiger partial charge in [-0.2, -0.15) is 25.3 Å². The van der Waals surface area contributed by atoms with Crippen LogP contribution < -0.4 is 0 Å². The van der Waals surface area contributed by atoms with Gasteiger partial charge in [-0.15, -0.1) is 0 Å². The van der Waals surface area contributed by atoms with Crippen molar-refractivity contribution in [3.63, 3.8) is 0 Å². The van der Waals surface area contributed by atoms with Crippen LogP contribution in [0.4, 0.5) is 0 Å². The normalized spacial score (nSPS) is 11.8. The molecule has 0 saturated heterocycles. The van der Waals surface area contributed by atoms with Gasteiger partial charge in [-0.1, -0.05) is 0 Å². The molecule has 0 spiro atoms. The molecule has 0 aromatic carbocycles. The van der Waals surface area contributed by atoms with Gasteiger partial charge in [-0.25, -0.2) is 8.42 Å². The molecule has 0 bridgehead atoms. The molecule has 0 aliphatic heterocycles. The Labute approximate surface area is 79.5 Å². The Kier molecular flexibility index (Phi) is 6.56. The SMILES string of the molecule is O=S(=O)(CCCS)CCCS. The summed E-state index contributed by atoms with van der Waals surface area (Å²) in [6.07, 6.45) is 1.30. The van der Waals surface area contributed by atoms with Gasteiger partial charge in [0.05, 0.1) is 11.5 Å². The lowest BCUT2D eigenvalue weighted by atomic mass is 10.6. The summed E-state index contributed by atoms with van der Waals surface area (Å²) in [5.41, 5.74) is 0. The van der Waals surface area contributed by atoms with Crippen LogP contribution in [0.15, 0.2) is 0 Å². The Morgan fingerprint density at radius 2 is 1.27 bits per heavy atom. The Bertz CT molecular complexity index is 160. The third-order valence-corrected chi connectivity index (χ3v) is 3.68. The highest BCUT2D eigenvalue weighted by atomic mass is 32.2. The first-order valence-electron chi connectivity index (χ1n) is 3.54. The summed E-state index contributed by atoms with van der Waals surface area (Å²) in [6.45, 7) is 0. The van der Waals surface area contributed by atoms with Crippen molar-refractivity contribution in [1.29, 1.82) is 0 Å². The van der Waals surface area contributed by atoms with Crippen LogP contribution in [-0.4, -0.2) is 31.4 Å². The molecule has 0 unspecified atom stereocenters. The molecule has 0 radical (unpaired) electrons. The Morgan fingerprint density at radius 1 is 0.909 bits per heavy atom. The predicted octanol–water partition coefficient (Wildman–Crippen LogP) is 1.04. The molecule has 2 nitrogen and oxygen atoms in total. The maximum absolute atomic E-state index is 11.1. The van der Waals surface area contributed by atoms with E-state index >= 15 is 0 Å². The first-order valence-corrected chi connectivity index (χ1v) is 6.63. The molecule has 0 aromatic rings. The lowest BCUT2D eigenvalue weighted by Gasteiger charge is -2.00. The van der Waals surface area contributed by atoms with Crippen molar-refractivity contribution in [2.75, 3.05) is 23.0 Å². The number of sulfone groups is 1. The van der Waals surface area contributed by atoms with Gasteiger partial charge in [0.2, 0.25) is 0 Å². The average Bonchev–Trinajstić information content (AvgIpc) is 1.97. The van der Waals surface area contributed by atoms with Crippen molar-refractivity contribution in [3.8, 4) is 0 Å². The van der Waals surface area contributed by atoms with Crippen LogP contribution in [0.1, 0.15) is 12.8 Å². The summed E-state index contributed by atoms with van der Waals surface area (Å²) in [5, 5.41) is 0. The molecule has 0 N–H and O–H groups in total. The quantitative estimate of drug-likeness (QED) is 0.648. The van der Waals surface area contributed by atoms with E-state index in [4.69, 9.17) is 0 Å². The van der Waals surface area contributed by atoms with Gasteiger partial charge in [-0.05, 0) is 24.3 Å². The molecule has 0 fully saturated rings. The van der Waals surface area contributed by atoms with Crippen molar-refractivity contribution in [1.82, 2.24) is 0 Å². The standard InChI is InChI=1S/C6H14O2S3/c7-11(8,5-1-3-9)6-2-4-10/h9-10H,1-6H2. The first-order chi connectivity index (χ1) is 5.12. The molecule has 0 rings (SSSR count). The van der Waals surface area contributed by atoms with E-state index < -0.39 is 9.84 Å². The van der Waals surface area contributed by atoms with Crippen molar-refractivity contribution in [2.24, 2.45) is 0 Å². The van der Waals surface area contributed by atoms with Gasteiger partial charge in [0.1, 0.15) is 9.84 Å². The zero-order chi connectivity index (χ0) is 8.74. The maximum atomic E-state index is 11.1. The summed E-state index contributed by atoms with van der Waals surface area (Å²) < 4.78 is 22.2. The van der Waals surface area contributed by atoms with Crippen LogP contribution in [0.2, 0.25) is 0 Å². The first kappa shape index (κ1) is 11.6.